The molecule has 0 saturated carbocycles. The van der Waals surface area contributed by atoms with E-state index in [1.54, 1.807) is 36.8 Å². The summed E-state index contributed by atoms with van der Waals surface area (Å²) in [5.74, 6) is 2.39. The largest absolute Gasteiger partial charge is 0.486 e. The highest BCUT2D eigenvalue weighted by molar-refractivity contribution is 7.99. The van der Waals surface area contributed by atoms with Crippen LogP contribution in [0.25, 0.3) is 6.08 Å². The van der Waals surface area contributed by atoms with Crippen LogP contribution in [-0.2, 0) is 9.59 Å². The molecule has 24 heavy (non-hydrogen) atoms. The van der Waals surface area contributed by atoms with Crippen LogP contribution in [0.3, 0.4) is 0 Å². The predicted molar refractivity (Wildman–Crippen MR) is 93.1 cm³/mol. The van der Waals surface area contributed by atoms with Crippen LogP contribution in [0.4, 0.5) is 0 Å². The number of rotatable bonds is 3. The van der Waals surface area contributed by atoms with E-state index in [4.69, 9.17) is 9.47 Å². The molecule has 1 fully saturated rings. The SMILES string of the molecule is CN(C)C(=O)C1CSCN1C(=O)C=Cc1ccc2c(c1)OCCO2. The standard InChI is InChI=1S/C17H20N2O4S/c1-18(2)17(21)13-10-24-11-19(13)16(20)6-4-12-3-5-14-15(9-12)23-8-7-22-14/h3-6,9,13H,7-8,10-11H2,1-2H3. The molecule has 128 valence electrons. The average Bonchev–Trinajstić information content (AvgIpc) is 3.08. The first-order valence-corrected chi connectivity index (χ1v) is 8.89. The van der Waals surface area contributed by atoms with E-state index in [0.29, 0.717) is 30.6 Å². The van der Waals surface area contributed by atoms with Crippen molar-refractivity contribution in [1.82, 2.24) is 9.80 Å². The van der Waals surface area contributed by atoms with Crippen LogP contribution >= 0.6 is 11.8 Å². The van der Waals surface area contributed by atoms with Crippen molar-refractivity contribution in [3.05, 3.63) is 29.8 Å². The molecular weight excluding hydrogens is 328 g/mol. The molecule has 6 nitrogen and oxygen atoms in total. The fourth-order valence-electron chi connectivity index (χ4n) is 2.59. The third-order valence-electron chi connectivity index (χ3n) is 3.88. The van der Waals surface area contributed by atoms with E-state index in [1.807, 2.05) is 18.2 Å². The van der Waals surface area contributed by atoms with Gasteiger partial charge in [-0.25, -0.2) is 0 Å². The van der Waals surface area contributed by atoms with E-state index in [9.17, 15) is 9.59 Å². The van der Waals surface area contributed by atoms with Gasteiger partial charge in [0.05, 0.1) is 5.88 Å². The van der Waals surface area contributed by atoms with Gasteiger partial charge in [0, 0.05) is 25.9 Å². The first-order chi connectivity index (χ1) is 11.6. The lowest BCUT2D eigenvalue weighted by Crippen LogP contribution is -2.46. The molecule has 2 amide bonds. The Kier molecular flexibility index (Phi) is 4.99. The third-order valence-corrected chi connectivity index (χ3v) is 4.89. The number of ether oxygens (including phenoxy) is 2. The van der Waals surface area contributed by atoms with Gasteiger partial charge in [-0.05, 0) is 23.8 Å². The number of carbonyl (C=O) groups is 2. The molecule has 2 heterocycles. The van der Waals surface area contributed by atoms with Crippen LogP contribution in [-0.4, -0.2) is 66.6 Å². The summed E-state index contributed by atoms with van der Waals surface area (Å²) in [5, 5.41) is 0. The number of benzene rings is 1. The molecule has 0 radical (unpaired) electrons. The smallest absolute Gasteiger partial charge is 0.247 e. The molecule has 0 N–H and O–H groups in total. The summed E-state index contributed by atoms with van der Waals surface area (Å²) in [6, 6.07) is 5.17. The van der Waals surface area contributed by atoms with E-state index in [1.165, 1.54) is 11.0 Å². The minimum atomic E-state index is -0.387. The Morgan fingerprint density at radius 3 is 2.75 bits per heavy atom. The Morgan fingerprint density at radius 1 is 1.25 bits per heavy atom. The summed E-state index contributed by atoms with van der Waals surface area (Å²) < 4.78 is 11.0. The van der Waals surface area contributed by atoms with E-state index in [2.05, 4.69) is 0 Å². The maximum absolute atomic E-state index is 12.4. The van der Waals surface area contributed by atoms with Crippen molar-refractivity contribution in [3.8, 4) is 11.5 Å². The zero-order valence-electron chi connectivity index (χ0n) is 13.7. The number of carbonyl (C=O) groups excluding carboxylic acids is 2. The van der Waals surface area contributed by atoms with Gasteiger partial charge < -0.3 is 19.3 Å². The second-order valence-electron chi connectivity index (χ2n) is 5.79. The van der Waals surface area contributed by atoms with Crippen molar-refractivity contribution in [2.75, 3.05) is 38.9 Å². The Morgan fingerprint density at radius 2 is 2.00 bits per heavy atom. The highest BCUT2D eigenvalue weighted by Crippen LogP contribution is 2.31. The molecule has 0 aromatic heterocycles. The van der Waals surface area contributed by atoms with Crippen LogP contribution < -0.4 is 9.47 Å². The van der Waals surface area contributed by atoms with Gasteiger partial charge in [0.25, 0.3) is 0 Å². The monoisotopic (exact) mass is 348 g/mol. The third kappa shape index (κ3) is 3.51. The molecule has 2 aliphatic heterocycles. The van der Waals surface area contributed by atoms with Crippen molar-refractivity contribution in [3.63, 3.8) is 0 Å². The number of likely N-dealkylation sites (N-methyl/N-ethyl adjacent to an activating group) is 1. The number of hydrogen-bond donors (Lipinski definition) is 0. The summed E-state index contributed by atoms with van der Waals surface area (Å²) >= 11 is 1.59. The van der Waals surface area contributed by atoms with Gasteiger partial charge in [0.1, 0.15) is 19.3 Å². The van der Waals surface area contributed by atoms with Gasteiger partial charge in [0.15, 0.2) is 11.5 Å². The zero-order chi connectivity index (χ0) is 17.1. The van der Waals surface area contributed by atoms with Gasteiger partial charge in [-0.3, -0.25) is 9.59 Å². The second kappa shape index (κ2) is 7.17. The highest BCUT2D eigenvalue weighted by atomic mass is 32.2. The minimum Gasteiger partial charge on any atom is -0.486 e. The minimum absolute atomic E-state index is 0.0407. The van der Waals surface area contributed by atoms with Gasteiger partial charge in [0.2, 0.25) is 11.8 Å². The van der Waals surface area contributed by atoms with E-state index in [-0.39, 0.29) is 17.9 Å². The van der Waals surface area contributed by atoms with Crippen LogP contribution in [0.5, 0.6) is 11.5 Å². The lowest BCUT2D eigenvalue weighted by molar-refractivity contribution is -0.139. The van der Waals surface area contributed by atoms with Crippen LogP contribution in [0, 0.1) is 0 Å². The quantitative estimate of drug-likeness (QED) is 0.774. The molecule has 1 aromatic carbocycles. The Labute approximate surface area is 145 Å². The highest BCUT2D eigenvalue weighted by Gasteiger charge is 2.34. The van der Waals surface area contributed by atoms with E-state index < -0.39 is 0 Å². The summed E-state index contributed by atoms with van der Waals surface area (Å²) in [6.07, 6.45) is 3.24. The van der Waals surface area contributed by atoms with Crippen molar-refractivity contribution in [1.29, 1.82) is 0 Å². The Bertz CT molecular complexity index is 675. The molecule has 0 spiro atoms. The summed E-state index contributed by atoms with van der Waals surface area (Å²) in [4.78, 5) is 27.7. The molecule has 0 bridgehead atoms. The van der Waals surface area contributed by atoms with Crippen molar-refractivity contribution < 1.29 is 19.1 Å². The Balaban J connectivity index is 1.70. The molecule has 1 aromatic rings. The first-order valence-electron chi connectivity index (χ1n) is 7.73. The topological polar surface area (TPSA) is 59.1 Å². The van der Waals surface area contributed by atoms with Gasteiger partial charge in [-0.1, -0.05) is 6.07 Å². The van der Waals surface area contributed by atoms with Gasteiger partial charge in [-0.2, -0.15) is 0 Å². The number of nitrogens with zero attached hydrogens (tertiary/aromatic N) is 2. The number of amides is 2. The fourth-order valence-corrected chi connectivity index (χ4v) is 3.74. The molecule has 2 aliphatic rings. The normalized spacial score (nSPS) is 19.6. The Hall–Kier alpha value is -2.15. The predicted octanol–water partition coefficient (Wildman–Crippen LogP) is 1.46. The number of thioether (sulfide) groups is 1. The summed E-state index contributed by atoms with van der Waals surface area (Å²) in [7, 11) is 3.41. The van der Waals surface area contributed by atoms with Crippen LogP contribution in [0.1, 0.15) is 5.56 Å². The lowest BCUT2D eigenvalue weighted by Gasteiger charge is -2.24. The van der Waals surface area contributed by atoms with Gasteiger partial charge in [-0.15, -0.1) is 11.8 Å². The van der Waals surface area contributed by atoms with E-state index >= 15 is 0 Å². The molecule has 1 unspecified atom stereocenters. The maximum atomic E-state index is 12.4. The van der Waals surface area contributed by atoms with Crippen molar-refractivity contribution >= 4 is 29.7 Å². The van der Waals surface area contributed by atoms with Crippen LogP contribution in [0.2, 0.25) is 0 Å². The van der Waals surface area contributed by atoms with Crippen molar-refractivity contribution in [2.45, 2.75) is 6.04 Å². The summed E-state index contributed by atoms with van der Waals surface area (Å²) in [5.41, 5.74) is 0.856. The van der Waals surface area contributed by atoms with Gasteiger partial charge >= 0.3 is 0 Å². The first kappa shape index (κ1) is 16.7. The van der Waals surface area contributed by atoms with Crippen molar-refractivity contribution in [2.24, 2.45) is 0 Å². The van der Waals surface area contributed by atoms with Crippen LogP contribution in [0.15, 0.2) is 24.3 Å². The molecule has 1 atom stereocenters. The molecular formula is C17H20N2O4S. The molecule has 1 saturated heterocycles. The number of hydrogen-bond acceptors (Lipinski definition) is 5. The van der Waals surface area contributed by atoms with E-state index in [0.717, 1.165) is 11.3 Å². The lowest BCUT2D eigenvalue weighted by atomic mass is 10.1. The fraction of sp³-hybridized carbons (Fsp3) is 0.412. The maximum Gasteiger partial charge on any atom is 0.247 e. The average molecular weight is 348 g/mol. The summed E-state index contributed by atoms with van der Waals surface area (Å²) in [6.45, 7) is 1.08. The molecule has 7 heteroatoms. The number of fused-ring (bicyclic) bond motifs is 1. The molecule has 0 aliphatic carbocycles. The zero-order valence-corrected chi connectivity index (χ0v) is 14.5. The second-order valence-corrected chi connectivity index (χ2v) is 6.79. The molecule has 3 rings (SSSR count).